The molecule has 2 unspecified atom stereocenters. The van der Waals surface area contributed by atoms with Crippen molar-refractivity contribution in [3.05, 3.63) is 107 Å². The van der Waals surface area contributed by atoms with Crippen LogP contribution in [0.4, 0.5) is 5.69 Å². The number of carbonyl (C=O) groups excluding carboxylic acids is 1. The summed E-state index contributed by atoms with van der Waals surface area (Å²) in [6.07, 6.45) is 28.2. The summed E-state index contributed by atoms with van der Waals surface area (Å²) in [6.45, 7) is 5.20. The highest BCUT2D eigenvalue weighted by Crippen LogP contribution is 2.49. The van der Waals surface area contributed by atoms with Gasteiger partial charge in [-0.15, -0.1) is 0 Å². The fourth-order valence-electron chi connectivity index (χ4n) is 9.97. The number of ether oxygens (including phenoxy) is 1. The first-order valence-electron chi connectivity index (χ1n) is 26.9. The minimum atomic E-state index is -3.67. The Kier molecular flexibility index (Phi) is 23.1. The molecule has 0 saturated carbocycles. The summed E-state index contributed by atoms with van der Waals surface area (Å²) in [6, 6.07) is 29.8. The van der Waals surface area contributed by atoms with E-state index in [1.807, 2.05) is 0 Å². The summed E-state index contributed by atoms with van der Waals surface area (Å²) < 4.78 is 32.4. The van der Waals surface area contributed by atoms with Crippen LogP contribution in [0.25, 0.3) is 43.1 Å². The van der Waals surface area contributed by atoms with Crippen LogP contribution in [0.3, 0.4) is 0 Å². The quantitative estimate of drug-likeness (QED) is 0.0103. The van der Waals surface area contributed by atoms with Gasteiger partial charge in [-0.3, -0.25) is 19.4 Å². The maximum atomic E-state index is 14.2. The van der Waals surface area contributed by atoms with Gasteiger partial charge in [0.25, 0.3) is 5.69 Å². The van der Waals surface area contributed by atoms with Gasteiger partial charge in [0, 0.05) is 25.2 Å². The highest BCUT2D eigenvalue weighted by molar-refractivity contribution is 7.54. The first kappa shape index (κ1) is 53.8. The molecule has 0 aliphatic heterocycles. The molecule has 0 radical (unpaired) electrons. The number of amides is 1. The van der Waals surface area contributed by atoms with Crippen molar-refractivity contribution in [2.45, 2.75) is 180 Å². The van der Waals surface area contributed by atoms with E-state index in [1.165, 1.54) is 150 Å². The lowest BCUT2D eigenvalue weighted by atomic mass is 9.87. The molecule has 6 aromatic carbocycles. The molecule has 2 atom stereocenters. The van der Waals surface area contributed by atoms with Gasteiger partial charge in [0.2, 0.25) is 5.91 Å². The van der Waals surface area contributed by atoms with Crippen LogP contribution >= 0.6 is 7.60 Å². The zero-order chi connectivity index (χ0) is 48.5. The van der Waals surface area contributed by atoms with E-state index < -0.39 is 18.6 Å². The van der Waals surface area contributed by atoms with Crippen LogP contribution in [0.15, 0.2) is 91.0 Å². The number of hydrogen-bond acceptors (Lipinski definition) is 7. The highest BCUT2D eigenvalue weighted by atomic mass is 31.2. The molecular formula is C59H81N2O7P. The second-order valence-electron chi connectivity index (χ2n) is 19.4. The van der Waals surface area contributed by atoms with Crippen molar-refractivity contribution in [2.24, 2.45) is 0 Å². The maximum Gasteiger partial charge on any atom is 0.379 e. The number of rotatable bonds is 37. The second kappa shape index (κ2) is 29.6. The number of nitro groups is 1. The Morgan fingerprint density at radius 1 is 0.580 bits per heavy atom. The molecule has 69 heavy (non-hydrogen) atoms. The molecule has 0 aliphatic rings. The van der Waals surface area contributed by atoms with Crippen molar-refractivity contribution in [3.63, 3.8) is 0 Å². The molecule has 6 aromatic rings. The highest BCUT2D eigenvalue weighted by Gasteiger charge is 2.28. The summed E-state index contributed by atoms with van der Waals surface area (Å²) in [7, 11) is -3.67. The van der Waals surface area contributed by atoms with E-state index in [0.29, 0.717) is 19.4 Å². The third kappa shape index (κ3) is 17.1. The molecule has 10 heteroatoms. The van der Waals surface area contributed by atoms with Gasteiger partial charge in [0.1, 0.15) is 5.75 Å². The van der Waals surface area contributed by atoms with Crippen molar-refractivity contribution in [3.8, 4) is 5.75 Å². The SMILES string of the molecule is CCCCCCCCCCCCCCCCOCC(COP(=O)(CCCCCC)Oc1ccc([N+](=O)[O-])cc1)NC(=O)CCCCCCCc1ccc2c3cccc4cccc(c5cccc1c52)c43. The summed E-state index contributed by atoms with van der Waals surface area (Å²) in [5, 5.41) is 25.0. The number of hydrogen-bond donors (Lipinski definition) is 1. The van der Waals surface area contributed by atoms with Crippen molar-refractivity contribution in [1.82, 2.24) is 5.32 Å². The molecule has 6 rings (SSSR count). The molecule has 0 saturated heterocycles. The first-order chi connectivity index (χ1) is 33.8. The smallest absolute Gasteiger partial charge is 0.379 e. The van der Waals surface area contributed by atoms with E-state index in [9.17, 15) is 19.5 Å². The van der Waals surface area contributed by atoms with Crippen LogP contribution in [0, 0.1) is 10.1 Å². The third-order valence-corrected chi connectivity index (χ3v) is 15.7. The van der Waals surface area contributed by atoms with Gasteiger partial charge in [-0.1, -0.05) is 203 Å². The fourth-order valence-corrected chi connectivity index (χ4v) is 11.7. The molecule has 9 nitrogen and oxygen atoms in total. The topological polar surface area (TPSA) is 117 Å². The van der Waals surface area contributed by atoms with Gasteiger partial charge >= 0.3 is 7.60 Å². The molecule has 0 aromatic heterocycles. The van der Waals surface area contributed by atoms with Gasteiger partial charge < -0.3 is 14.6 Å². The van der Waals surface area contributed by atoms with Crippen LogP contribution in [0.1, 0.15) is 174 Å². The number of nitro benzene ring substituents is 1. The predicted molar refractivity (Wildman–Crippen MR) is 288 cm³/mol. The van der Waals surface area contributed by atoms with E-state index in [0.717, 1.165) is 70.6 Å². The van der Waals surface area contributed by atoms with Crippen LogP contribution in [-0.2, 0) is 25.0 Å². The standard InChI is InChI=1S/C59H81N2O7P/c1-3-5-7-9-10-11-12-13-14-15-16-17-21-24-43-66-45-49(46-67-69(65,44-25-8-6-4-2)68-51-40-38-50(39-41-51)61(63)64)60-57(62)36-23-20-18-19-22-29-47-37-42-56-54-34-27-31-48-30-26-33-53(58(48)54)55-35-28-32-52(47)59(55)56/h26-28,30-35,37-42,49H,3-25,29,36,43-46H2,1-2H3,(H,60,62). The minimum absolute atomic E-state index is 0.0259. The average Bonchev–Trinajstić information content (AvgIpc) is 3.36. The Labute approximate surface area is 412 Å². The van der Waals surface area contributed by atoms with Gasteiger partial charge in [0.15, 0.2) is 0 Å². The number of carbonyl (C=O) groups is 1. The fraction of sp³-hybridized carbons (Fsp3) is 0.542. The van der Waals surface area contributed by atoms with Crippen LogP contribution in [0.5, 0.6) is 5.75 Å². The van der Waals surface area contributed by atoms with E-state index in [4.69, 9.17) is 13.8 Å². The monoisotopic (exact) mass is 961 g/mol. The predicted octanol–water partition coefficient (Wildman–Crippen LogP) is 17.4. The molecule has 0 heterocycles. The van der Waals surface area contributed by atoms with Crippen LogP contribution in [0.2, 0.25) is 0 Å². The summed E-state index contributed by atoms with van der Waals surface area (Å²) in [4.78, 5) is 24.2. The number of fused-ring (bicyclic) bond motifs is 2. The summed E-state index contributed by atoms with van der Waals surface area (Å²) in [5.74, 6) is 0.178. The number of nitrogens with zero attached hydrogens (tertiary/aromatic N) is 1. The molecule has 374 valence electrons. The molecule has 0 aliphatic carbocycles. The molecule has 0 spiro atoms. The van der Waals surface area contributed by atoms with E-state index >= 15 is 0 Å². The average molecular weight is 961 g/mol. The Morgan fingerprint density at radius 2 is 1.10 bits per heavy atom. The van der Waals surface area contributed by atoms with Crippen LogP contribution in [-0.4, -0.2) is 42.9 Å². The van der Waals surface area contributed by atoms with Gasteiger partial charge in [-0.2, -0.15) is 0 Å². The summed E-state index contributed by atoms with van der Waals surface area (Å²) in [5.41, 5.74) is 1.32. The molecule has 1 amide bonds. The van der Waals surface area contributed by atoms with Gasteiger partial charge in [0.05, 0.1) is 30.3 Å². The largest absolute Gasteiger partial charge is 0.424 e. The number of non-ortho nitro benzene ring substituents is 1. The second-order valence-corrected chi connectivity index (χ2v) is 21.6. The minimum Gasteiger partial charge on any atom is -0.424 e. The van der Waals surface area contributed by atoms with E-state index in [-0.39, 0.29) is 36.7 Å². The van der Waals surface area contributed by atoms with Crippen molar-refractivity contribution in [1.29, 1.82) is 0 Å². The molecule has 1 N–H and O–H groups in total. The van der Waals surface area contributed by atoms with E-state index in [2.05, 4.69) is 85.9 Å². The lowest BCUT2D eigenvalue weighted by molar-refractivity contribution is -0.384. The van der Waals surface area contributed by atoms with Gasteiger partial charge in [-0.05, 0) is 92.9 Å². The summed E-state index contributed by atoms with van der Waals surface area (Å²) >= 11 is 0. The normalized spacial score (nSPS) is 13.1. The van der Waals surface area contributed by atoms with Crippen LogP contribution < -0.4 is 9.84 Å². The Hall–Kier alpha value is -4.56. The molecule has 0 fully saturated rings. The lowest BCUT2D eigenvalue weighted by Crippen LogP contribution is -2.41. The third-order valence-electron chi connectivity index (χ3n) is 13.8. The molecule has 0 bridgehead atoms. The van der Waals surface area contributed by atoms with Crippen molar-refractivity contribution in [2.75, 3.05) is 26.0 Å². The maximum absolute atomic E-state index is 14.2. The Balaban J connectivity index is 0.952. The number of aryl methyl sites for hydroxylation is 1. The number of benzene rings is 6. The van der Waals surface area contributed by atoms with Crippen molar-refractivity contribution < 1.29 is 28.1 Å². The first-order valence-corrected chi connectivity index (χ1v) is 28.6. The zero-order valence-electron chi connectivity index (χ0n) is 42.0. The molecular weight excluding hydrogens is 880 g/mol. The van der Waals surface area contributed by atoms with Gasteiger partial charge in [-0.25, -0.2) is 4.57 Å². The number of nitrogens with one attached hydrogen (secondary N) is 1. The van der Waals surface area contributed by atoms with E-state index in [1.54, 1.807) is 0 Å². The Morgan fingerprint density at radius 3 is 1.72 bits per heavy atom. The van der Waals surface area contributed by atoms with Crippen molar-refractivity contribution >= 4 is 62.3 Å². The Bertz CT molecular complexity index is 2440. The number of unbranched alkanes of at least 4 members (excludes halogenated alkanes) is 20. The zero-order valence-corrected chi connectivity index (χ0v) is 42.9. The lowest BCUT2D eigenvalue weighted by Gasteiger charge is -2.24.